The van der Waals surface area contributed by atoms with E-state index in [1.165, 1.54) is 5.56 Å². The zero-order valence-electron chi connectivity index (χ0n) is 14.9. The third-order valence-electron chi connectivity index (χ3n) is 4.65. The third kappa shape index (κ3) is 5.66. The Bertz CT molecular complexity index is 560. The standard InChI is InChI=1S/C20H28O4/c1-20(2,3)24-18(21)13-6-14-4-7-15(8-5-14)16-9-11-17(12-10-16)19(22)23/h9-12,14-15H,4-8,13H2,1-3H3,(H,22,23). The first kappa shape index (κ1) is 18.5. The summed E-state index contributed by atoms with van der Waals surface area (Å²) in [5, 5.41) is 8.96. The van der Waals surface area contributed by atoms with Crippen LogP contribution >= 0.6 is 0 Å². The maximum absolute atomic E-state index is 11.8. The van der Waals surface area contributed by atoms with Gasteiger partial charge in [0.2, 0.25) is 0 Å². The molecule has 1 fully saturated rings. The molecule has 2 rings (SSSR count). The minimum Gasteiger partial charge on any atom is -0.478 e. The molecular formula is C20H28O4. The molecule has 0 aromatic heterocycles. The maximum atomic E-state index is 11.8. The van der Waals surface area contributed by atoms with Crippen LogP contribution in [0.3, 0.4) is 0 Å². The van der Waals surface area contributed by atoms with Crippen LogP contribution < -0.4 is 0 Å². The quantitative estimate of drug-likeness (QED) is 0.788. The largest absolute Gasteiger partial charge is 0.478 e. The van der Waals surface area contributed by atoms with Crippen molar-refractivity contribution >= 4 is 11.9 Å². The van der Waals surface area contributed by atoms with E-state index in [1.54, 1.807) is 12.1 Å². The second kappa shape index (κ2) is 7.82. The molecule has 0 bridgehead atoms. The second-order valence-corrected chi connectivity index (χ2v) is 7.77. The summed E-state index contributed by atoms with van der Waals surface area (Å²) in [4.78, 5) is 22.7. The summed E-state index contributed by atoms with van der Waals surface area (Å²) in [7, 11) is 0. The van der Waals surface area contributed by atoms with Crippen molar-refractivity contribution in [2.45, 2.75) is 70.8 Å². The van der Waals surface area contributed by atoms with Crippen molar-refractivity contribution in [2.75, 3.05) is 0 Å². The van der Waals surface area contributed by atoms with Crippen LogP contribution in [-0.2, 0) is 9.53 Å². The van der Waals surface area contributed by atoms with Crippen molar-refractivity contribution in [3.8, 4) is 0 Å². The first-order valence-electron chi connectivity index (χ1n) is 8.79. The second-order valence-electron chi connectivity index (χ2n) is 7.77. The molecule has 1 aromatic rings. The highest BCUT2D eigenvalue weighted by atomic mass is 16.6. The number of carboxylic acid groups (broad SMARTS) is 1. The van der Waals surface area contributed by atoms with Crippen LogP contribution in [0.25, 0.3) is 0 Å². The minimum atomic E-state index is -0.882. The Balaban J connectivity index is 1.77. The molecule has 1 aromatic carbocycles. The molecule has 0 amide bonds. The molecular weight excluding hydrogens is 304 g/mol. The van der Waals surface area contributed by atoms with Crippen molar-refractivity contribution in [3.05, 3.63) is 35.4 Å². The molecule has 4 heteroatoms. The molecule has 0 aliphatic heterocycles. The summed E-state index contributed by atoms with van der Waals surface area (Å²) in [6.07, 6.45) is 5.85. The molecule has 1 saturated carbocycles. The fraction of sp³-hybridized carbons (Fsp3) is 0.600. The van der Waals surface area contributed by atoms with Gasteiger partial charge in [-0.05, 0) is 82.4 Å². The van der Waals surface area contributed by atoms with E-state index in [4.69, 9.17) is 9.84 Å². The number of aromatic carboxylic acids is 1. The van der Waals surface area contributed by atoms with Gasteiger partial charge in [-0.1, -0.05) is 12.1 Å². The van der Waals surface area contributed by atoms with Crippen molar-refractivity contribution in [1.29, 1.82) is 0 Å². The molecule has 0 heterocycles. The van der Waals surface area contributed by atoms with E-state index < -0.39 is 11.6 Å². The molecule has 0 unspecified atom stereocenters. The van der Waals surface area contributed by atoms with Crippen LogP contribution in [0.2, 0.25) is 0 Å². The molecule has 0 atom stereocenters. The van der Waals surface area contributed by atoms with Crippen LogP contribution in [0.1, 0.15) is 81.1 Å². The van der Waals surface area contributed by atoms with Gasteiger partial charge >= 0.3 is 11.9 Å². The molecule has 24 heavy (non-hydrogen) atoms. The number of benzene rings is 1. The summed E-state index contributed by atoms with van der Waals surface area (Å²) in [5.41, 5.74) is 1.16. The number of ether oxygens (including phenoxy) is 1. The average Bonchev–Trinajstić information content (AvgIpc) is 2.52. The summed E-state index contributed by atoms with van der Waals surface area (Å²) in [5.74, 6) is 0.110. The predicted octanol–water partition coefficient (Wildman–Crippen LogP) is 4.78. The number of esters is 1. The van der Waals surface area contributed by atoms with E-state index in [1.807, 2.05) is 32.9 Å². The number of rotatable bonds is 5. The van der Waals surface area contributed by atoms with Gasteiger partial charge in [0.15, 0.2) is 0 Å². The Hall–Kier alpha value is -1.84. The number of carbonyl (C=O) groups is 2. The van der Waals surface area contributed by atoms with Gasteiger partial charge in [-0.25, -0.2) is 4.79 Å². The van der Waals surface area contributed by atoms with Crippen LogP contribution in [0.5, 0.6) is 0 Å². The normalized spacial score (nSPS) is 21.3. The van der Waals surface area contributed by atoms with E-state index in [0.29, 0.717) is 23.8 Å². The lowest BCUT2D eigenvalue weighted by atomic mass is 9.77. The minimum absolute atomic E-state index is 0.103. The highest BCUT2D eigenvalue weighted by Crippen LogP contribution is 2.37. The van der Waals surface area contributed by atoms with Crippen molar-refractivity contribution in [1.82, 2.24) is 0 Å². The zero-order chi connectivity index (χ0) is 17.7. The molecule has 4 nitrogen and oxygen atoms in total. The van der Waals surface area contributed by atoms with Gasteiger partial charge in [0.25, 0.3) is 0 Å². The molecule has 0 spiro atoms. The summed E-state index contributed by atoms with van der Waals surface area (Å²) in [6.45, 7) is 5.68. The van der Waals surface area contributed by atoms with Crippen LogP contribution in [0.15, 0.2) is 24.3 Å². The van der Waals surface area contributed by atoms with E-state index in [9.17, 15) is 9.59 Å². The number of hydrogen-bond acceptors (Lipinski definition) is 3. The van der Waals surface area contributed by atoms with Crippen molar-refractivity contribution in [3.63, 3.8) is 0 Å². The molecule has 132 valence electrons. The number of carbonyl (C=O) groups excluding carboxylic acids is 1. The Morgan fingerprint density at radius 3 is 2.17 bits per heavy atom. The fourth-order valence-corrected chi connectivity index (χ4v) is 3.40. The average molecular weight is 332 g/mol. The lowest BCUT2D eigenvalue weighted by Gasteiger charge is -2.29. The molecule has 1 aliphatic carbocycles. The van der Waals surface area contributed by atoms with Gasteiger partial charge in [-0.3, -0.25) is 4.79 Å². The molecule has 1 aliphatic rings. The fourth-order valence-electron chi connectivity index (χ4n) is 3.40. The first-order valence-corrected chi connectivity index (χ1v) is 8.79. The van der Waals surface area contributed by atoms with Gasteiger partial charge in [0.1, 0.15) is 5.60 Å². The lowest BCUT2D eigenvalue weighted by Crippen LogP contribution is -2.24. The Kier molecular flexibility index (Phi) is 6.03. The number of carboxylic acids is 1. The van der Waals surface area contributed by atoms with E-state index in [-0.39, 0.29) is 5.97 Å². The highest BCUT2D eigenvalue weighted by molar-refractivity contribution is 5.87. The smallest absolute Gasteiger partial charge is 0.335 e. The monoisotopic (exact) mass is 332 g/mol. The van der Waals surface area contributed by atoms with Crippen LogP contribution in [-0.4, -0.2) is 22.6 Å². The highest BCUT2D eigenvalue weighted by Gasteiger charge is 2.24. The van der Waals surface area contributed by atoms with Crippen molar-refractivity contribution in [2.24, 2.45) is 5.92 Å². The Morgan fingerprint density at radius 1 is 1.08 bits per heavy atom. The summed E-state index contributed by atoms with van der Waals surface area (Å²) < 4.78 is 5.36. The lowest BCUT2D eigenvalue weighted by molar-refractivity contribution is -0.155. The van der Waals surface area contributed by atoms with E-state index in [0.717, 1.165) is 32.1 Å². The van der Waals surface area contributed by atoms with E-state index >= 15 is 0 Å². The van der Waals surface area contributed by atoms with Gasteiger partial charge in [0, 0.05) is 6.42 Å². The summed E-state index contributed by atoms with van der Waals surface area (Å²) >= 11 is 0. The molecule has 0 saturated heterocycles. The maximum Gasteiger partial charge on any atom is 0.335 e. The van der Waals surface area contributed by atoms with Gasteiger partial charge in [-0.15, -0.1) is 0 Å². The topological polar surface area (TPSA) is 63.6 Å². The van der Waals surface area contributed by atoms with E-state index in [2.05, 4.69) is 0 Å². The van der Waals surface area contributed by atoms with Gasteiger partial charge in [-0.2, -0.15) is 0 Å². The first-order chi connectivity index (χ1) is 11.2. The third-order valence-corrected chi connectivity index (χ3v) is 4.65. The van der Waals surface area contributed by atoms with Crippen LogP contribution in [0.4, 0.5) is 0 Å². The Labute approximate surface area is 144 Å². The summed E-state index contributed by atoms with van der Waals surface area (Å²) in [6, 6.07) is 7.25. The predicted molar refractivity (Wildman–Crippen MR) is 93.2 cm³/mol. The Morgan fingerprint density at radius 2 is 1.67 bits per heavy atom. The zero-order valence-corrected chi connectivity index (χ0v) is 14.9. The van der Waals surface area contributed by atoms with Gasteiger partial charge < -0.3 is 9.84 Å². The van der Waals surface area contributed by atoms with Crippen molar-refractivity contribution < 1.29 is 19.4 Å². The SMILES string of the molecule is CC(C)(C)OC(=O)CCC1CCC(c2ccc(C(=O)O)cc2)CC1. The molecule has 0 radical (unpaired) electrons. The number of hydrogen-bond donors (Lipinski definition) is 1. The van der Waals surface area contributed by atoms with Crippen LogP contribution in [0, 0.1) is 5.92 Å². The van der Waals surface area contributed by atoms with Gasteiger partial charge in [0.05, 0.1) is 5.56 Å². The molecule has 1 N–H and O–H groups in total.